The second-order valence-electron chi connectivity index (χ2n) is 8.04. The van der Waals surface area contributed by atoms with Crippen molar-refractivity contribution in [3.8, 4) is 0 Å². The smallest absolute Gasteiger partial charge is 0.209 e. The predicted molar refractivity (Wildman–Crippen MR) is 120 cm³/mol. The van der Waals surface area contributed by atoms with Gasteiger partial charge in [0.25, 0.3) is 0 Å². The summed E-state index contributed by atoms with van der Waals surface area (Å²) in [4.78, 5) is 8.37. The van der Waals surface area contributed by atoms with Gasteiger partial charge in [0.05, 0.1) is 31.6 Å². The Labute approximate surface area is 179 Å². The Morgan fingerprint density at radius 1 is 1.45 bits per heavy atom. The zero-order chi connectivity index (χ0) is 21.5. The van der Waals surface area contributed by atoms with Crippen LogP contribution < -0.4 is 15.4 Å². The number of morpholine rings is 1. The first-order chi connectivity index (χ1) is 13.6. The van der Waals surface area contributed by atoms with Gasteiger partial charge in [-0.2, -0.15) is 0 Å². The molecule has 8 nitrogen and oxygen atoms in total. The number of ether oxygens (including phenoxy) is 1. The predicted octanol–water partition coefficient (Wildman–Crippen LogP) is 1.39. The maximum Gasteiger partial charge on any atom is 0.209 e. The van der Waals surface area contributed by atoms with Crippen LogP contribution in [-0.2, 0) is 14.8 Å². The molecule has 0 saturated carbocycles. The van der Waals surface area contributed by atoms with Gasteiger partial charge in [0.15, 0.2) is 5.96 Å². The molecule has 3 N–H and O–H groups in total. The first kappa shape index (κ1) is 24.1. The van der Waals surface area contributed by atoms with Crippen molar-refractivity contribution in [3.05, 3.63) is 22.4 Å². The van der Waals surface area contributed by atoms with Crippen molar-refractivity contribution >= 4 is 27.3 Å². The number of hydrogen-bond donors (Lipinski definition) is 3. The average molecular weight is 446 g/mol. The molecule has 1 fully saturated rings. The minimum atomic E-state index is -3.29. The summed E-state index contributed by atoms with van der Waals surface area (Å²) < 4.78 is 31.5. The van der Waals surface area contributed by atoms with Crippen LogP contribution in [0.15, 0.2) is 22.5 Å². The number of sulfonamides is 1. The Hall–Kier alpha value is -1.20. The molecule has 0 amide bonds. The van der Waals surface area contributed by atoms with Gasteiger partial charge in [-0.3, -0.25) is 9.89 Å². The lowest BCUT2D eigenvalue weighted by molar-refractivity contribution is -0.0334. The van der Waals surface area contributed by atoms with Crippen LogP contribution >= 0.6 is 11.3 Å². The molecule has 2 rings (SSSR count). The van der Waals surface area contributed by atoms with Crippen LogP contribution in [0.2, 0.25) is 0 Å². The molecular weight excluding hydrogens is 410 g/mol. The third kappa shape index (κ3) is 8.59. The van der Waals surface area contributed by atoms with E-state index in [-0.39, 0.29) is 12.1 Å². The van der Waals surface area contributed by atoms with Crippen molar-refractivity contribution in [1.29, 1.82) is 0 Å². The highest BCUT2D eigenvalue weighted by molar-refractivity contribution is 7.88. The van der Waals surface area contributed by atoms with Crippen LogP contribution in [0, 0.1) is 0 Å². The fourth-order valence-electron chi connectivity index (χ4n) is 3.36. The maximum atomic E-state index is 11.6. The lowest BCUT2D eigenvalue weighted by Gasteiger charge is -2.37. The van der Waals surface area contributed by atoms with Crippen molar-refractivity contribution in [2.75, 3.05) is 45.6 Å². The zero-order valence-electron chi connectivity index (χ0n) is 18.1. The minimum absolute atomic E-state index is 0.219. The fourth-order valence-corrected chi connectivity index (χ4v) is 5.29. The zero-order valence-corrected chi connectivity index (χ0v) is 19.7. The number of nitrogens with one attached hydrogen (secondary N) is 3. The van der Waals surface area contributed by atoms with Gasteiger partial charge in [-0.25, -0.2) is 13.1 Å². The summed E-state index contributed by atoms with van der Waals surface area (Å²) >= 11 is 1.76. The van der Waals surface area contributed by atoms with Gasteiger partial charge in [0, 0.05) is 36.6 Å². The lowest BCUT2D eigenvalue weighted by Crippen LogP contribution is -2.49. The Morgan fingerprint density at radius 3 is 2.79 bits per heavy atom. The Morgan fingerprint density at radius 2 is 2.21 bits per heavy atom. The summed E-state index contributed by atoms with van der Waals surface area (Å²) in [5, 5.41) is 8.80. The first-order valence-electron chi connectivity index (χ1n) is 10.00. The highest BCUT2D eigenvalue weighted by Gasteiger charge is 2.27. The van der Waals surface area contributed by atoms with Crippen molar-refractivity contribution < 1.29 is 13.2 Å². The van der Waals surface area contributed by atoms with Gasteiger partial charge in [-0.05, 0) is 39.1 Å². The molecule has 166 valence electrons. The van der Waals surface area contributed by atoms with Crippen LogP contribution in [-0.4, -0.2) is 76.5 Å². The molecule has 0 aromatic carbocycles. The van der Waals surface area contributed by atoms with E-state index in [0.717, 1.165) is 32.5 Å². The average Bonchev–Trinajstić information content (AvgIpc) is 3.12. The maximum absolute atomic E-state index is 11.6. The molecule has 0 bridgehead atoms. The number of nitrogens with zero attached hydrogens (tertiary/aromatic N) is 2. The Kier molecular flexibility index (Phi) is 8.90. The molecule has 0 spiro atoms. The molecule has 1 aliphatic rings. The van der Waals surface area contributed by atoms with E-state index < -0.39 is 15.6 Å². The number of rotatable bonds is 9. The van der Waals surface area contributed by atoms with Gasteiger partial charge in [0.1, 0.15) is 0 Å². The second-order valence-corrected chi connectivity index (χ2v) is 10.8. The molecule has 0 radical (unpaired) electrons. The number of guanidine groups is 1. The van der Waals surface area contributed by atoms with Crippen molar-refractivity contribution in [2.24, 2.45) is 4.99 Å². The van der Waals surface area contributed by atoms with E-state index in [0.29, 0.717) is 19.0 Å². The van der Waals surface area contributed by atoms with E-state index in [2.05, 4.69) is 49.7 Å². The molecule has 1 aromatic rings. The summed E-state index contributed by atoms with van der Waals surface area (Å²) in [5.41, 5.74) is -0.664. The van der Waals surface area contributed by atoms with Crippen LogP contribution in [0.3, 0.4) is 0 Å². The summed E-state index contributed by atoms with van der Waals surface area (Å²) in [6.07, 6.45) is 1.38. The van der Waals surface area contributed by atoms with Crippen LogP contribution in [0.5, 0.6) is 0 Å². The largest absolute Gasteiger partial charge is 0.376 e. The van der Waals surface area contributed by atoms with Crippen LogP contribution in [0.4, 0.5) is 0 Å². The summed E-state index contributed by atoms with van der Waals surface area (Å²) in [6.45, 7) is 12.1. The Balaban J connectivity index is 2.07. The molecule has 1 aliphatic heterocycles. The second kappa shape index (κ2) is 10.7. The number of aliphatic imine (C=N–C) groups is 1. The highest BCUT2D eigenvalue weighted by Crippen LogP contribution is 2.26. The molecule has 1 saturated heterocycles. The molecule has 29 heavy (non-hydrogen) atoms. The standard InChI is InChI=1S/C19H35N5O3S2/c1-6-20-18(22-14-19(3,4)23-29(5,25)26)21-12-16(17-8-7-11-28-17)24-9-10-27-15(2)13-24/h7-8,11,15-16,23H,6,9-10,12-14H2,1-5H3,(H2,20,21,22). The van der Waals surface area contributed by atoms with E-state index in [1.54, 1.807) is 11.3 Å². The van der Waals surface area contributed by atoms with E-state index in [4.69, 9.17) is 4.74 Å². The summed E-state index contributed by atoms with van der Waals surface area (Å²) in [5.74, 6) is 0.679. The third-order valence-electron chi connectivity index (χ3n) is 4.49. The van der Waals surface area contributed by atoms with Crippen molar-refractivity contribution in [1.82, 2.24) is 20.3 Å². The molecule has 10 heteroatoms. The summed E-state index contributed by atoms with van der Waals surface area (Å²) in [7, 11) is -3.29. The minimum Gasteiger partial charge on any atom is -0.376 e. The first-order valence-corrected chi connectivity index (χ1v) is 12.8. The molecule has 2 heterocycles. The molecule has 2 unspecified atom stereocenters. The topological polar surface area (TPSA) is 95.1 Å². The SMILES string of the molecule is CCNC(=NCC(C)(C)NS(C)(=O)=O)NCC(c1cccs1)N1CCOC(C)C1. The van der Waals surface area contributed by atoms with E-state index in [1.807, 2.05) is 20.8 Å². The quantitative estimate of drug-likeness (QED) is 0.393. The van der Waals surface area contributed by atoms with Gasteiger partial charge in [0.2, 0.25) is 10.0 Å². The Bertz CT molecular complexity index is 750. The van der Waals surface area contributed by atoms with Gasteiger partial charge in [-0.1, -0.05) is 6.07 Å². The lowest BCUT2D eigenvalue weighted by atomic mass is 10.1. The normalized spacial score (nSPS) is 20.4. The van der Waals surface area contributed by atoms with Gasteiger partial charge >= 0.3 is 0 Å². The number of hydrogen-bond acceptors (Lipinski definition) is 6. The van der Waals surface area contributed by atoms with Crippen LogP contribution in [0.25, 0.3) is 0 Å². The molecule has 2 atom stereocenters. The summed E-state index contributed by atoms with van der Waals surface area (Å²) in [6, 6.07) is 4.47. The fraction of sp³-hybridized carbons (Fsp3) is 0.737. The van der Waals surface area contributed by atoms with E-state index >= 15 is 0 Å². The third-order valence-corrected chi connectivity index (χ3v) is 6.38. The monoisotopic (exact) mass is 445 g/mol. The highest BCUT2D eigenvalue weighted by atomic mass is 32.2. The molecule has 1 aromatic heterocycles. The van der Waals surface area contributed by atoms with E-state index in [9.17, 15) is 8.42 Å². The molecular formula is C19H35N5O3S2. The van der Waals surface area contributed by atoms with Crippen molar-refractivity contribution in [2.45, 2.75) is 45.4 Å². The number of thiophene rings is 1. The van der Waals surface area contributed by atoms with Gasteiger partial charge in [-0.15, -0.1) is 11.3 Å². The van der Waals surface area contributed by atoms with E-state index in [1.165, 1.54) is 4.88 Å². The van der Waals surface area contributed by atoms with Crippen LogP contribution in [0.1, 0.15) is 38.6 Å². The molecule has 0 aliphatic carbocycles. The van der Waals surface area contributed by atoms with Crippen molar-refractivity contribution in [3.63, 3.8) is 0 Å². The van der Waals surface area contributed by atoms with Gasteiger partial charge < -0.3 is 15.4 Å².